The lowest BCUT2D eigenvalue weighted by atomic mass is 9.86. The van der Waals surface area contributed by atoms with E-state index in [1.54, 1.807) is 6.07 Å². The third-order valence-corrected chi connectivity index (χ3v) is 8.19. The molecule has 3 rings (SSSR count). The monoisotopic (exact) mass is 467 g/mol. The summed E-state index contributed by atoms with van der Waals surface area (Å²) in [6.45, 7) is 0.589. The summed E-state index contributed by atoms with van der Waals surface area (Å²) in [5.74, 6) is 0. The average molecular weight is 467 g/mol. The zero-order chi connectivity index (χ0) is 23.1. The molecule has 0 radical (unpaired) electrons. The van der Waals surface area contributed by atoms with Crippen LogP contribution < -0.4 is 5.32 Å². The lowest BCUT2D eigenvalue weighted by Gasteiger charge is -2.38. The number of sulfone groups is 1. The molecule has 170 valence electrons. The van der Waals surface area contributed by atoms with Gasteiger partial charge in [0.1, 0.15) is 4.75 Å². The highest BCUT2D eigenvalue weighted by molar-refractivity contribution is 7.92. The van der Waals surface area contributed by atoms with E-state index < -0.39 is 38.1 Å². The molecule has 0 saturated carbocycles. The van der Waals surface area contributed by atoms with E-state index in [0.29, 0.717) is 25.2 Å². The zero-order valence-corrected chi connectivity index (χ0v) is 16.8. The number of piperidine rings is 1. The van der Waals surface area contributed by atoms with Gasteiger partial charge in [-0.15, -0.1) is 0 Å². The molecule has 2 N–H and O–H groups in total. The Bertz CT molecular complexity index is 998. The first-order chi connectivity index (χ1) is 14.3. The summed E-state index contributed by atoms with van der Waals surface area (Å²) < 4.78 is 104. The third-order valence-electron chi connectivity index (χ3n) is 5.63. The van der Waals surface area contributed by atoms with Crippen molar-refractivity contribution < 1.29 is 39.9 Å². The SMILES string of the molecule is O=S(=O)(c1ccccc1)C1(c2ccc(C(O)(C(F)(F)F)C(F)(F)F)cc2)CCNCC1. The Morgan fingerprint density at radius 1 is 0.806 bits per heavy atom. The second-order valence-electron chi connectivity index (χ2n) is 7.34. The van der Waals surface area contributed by atoms with Crippen molar-refractivity contribution in [1.29, 1.82) is 0 Å². The third kappa shape index (κ3) is 3.72. The van der Waals surface area contributed by atoms with E-state index in [0.717, 1.165) is 12.1 Å². The average Bonchev–Trinajstić information content (AvgIpc) is 2.72. The molecule has 1 aliphatic heterocycles. The quantitative estimate of drug-likeness (QED) is 0.666. The minimum absolute atomic E-state index is 0.00284. The van der Waals surface area contributed by atoms with Crippen LogP contribution in [0.1, 0.15) is 24.0 Å². The fourth-order valence-corrected chi connectivity index (χ4v) is 6.03. The number of benzene rings is 2. The molecular weight excluding hydrogens is 448 g/mol. The van der Waals surface area contributed by atoms with Crippen molar-refractivity contribution >= 4 is 9.84 Å². The number of nitrogens with one attached hydrogen (secondary N) is 1. The fraction of sp³-hybridized carbons (Fsp3) is 0.400. The van der Waals surface area contributed by atoms with Crippen LogP contribution in [-0.4, -0.2) is 39.0 Å². The van der Waals surface area contributed by atoms with Crippen molar-refractivity contribution in [3.05, 3.63) is 65.7 Å². The Kier molecular flexibility index (Phi) is 5.92. The summed E-state index contributed by atoms with van der Waals surface area (Å²) in [7, 11) is -4.03. The van der Waals surface area contributed by atoms with Gasteiger partial charge >= 0.3 is 12.4 Å². The minimum Gasteiger partial charge on any atom is -0.369 e. The Hall–Kier alpha value is -2.11. The van der Waals surface area contributed by atoms with Gasteiger partial charge in [-0.2, -0.15) is 26.3 Å². The highest BCUT2D eigenvalue weighted by Gasteiger charge is 2.71. The molecule has 1 fully saturated rings. The molecule has 11 heteroatoms. The number of hydrogen-bond acceptors (Lipinski definition) is 4. The van der Waals surface area contributed by atoms with Crippen molar-refractivity contribution in [2.24, 2.45) is 0 Å². The van der Waals surface area contributed by atoms with Crippen LogP contribution in [0.4, 0.5) is 26.3 Å². The predicted octanol–water partition coefficient (Wildman–Crippen LogP) is 4.05. The van der Waals surface area contributed by atoms with Crippen molar-refractivity contribution in [3.63, 3.8) is 0 Å². The highest BCUT2D eigenvalue weighted by Crippen LogP contribution is 2.51. The predicted molar refractivity (Wildman–Crippen MR) is 99.9 cm³/mol. The summed E-state index contributed by atoms with van der Waals surface area (Å²) in [4.78, 5) is 0.00284. The molecule has 2 aromatic carbocycles. The smallest absolute Gasteiger partial charge is 0.369 e. The molecule has 0 atom stereocenters. The second-order valence-corrected chi connectivity index (χ2v) is 9.60. The van der Waals surface area contributed by atoms with Crippen molar-refractivity contribution in [2.75, 3.05) is 13.1 Å². The molecule has 1 aliphatic rings. The first-order valence-electron chi connectivity index (χ1n) is 9.25. The van der Waals surface area contributed by atoms with E-state index >= 15 is 0 Å². The van der Waals surface area contributed by atoms with Gasteiger partial charge in [0.25, 0.3) is 5.60 Å². The van der Waals surface area contributed by atoms with Gasteiger partial charge in [-0.1, -0.05) is 42.5 Å². The summed E-state index contributed by atoms with van der Waals surface area (Å²) in [6.07, 6.45) is -11.9. The number of halogens is 6. The Balaban J connectivity index is 2.14. The van der Waals surface area contributed by atoms with Crippen LogP contribution >= 0.6 is 0 Å². The maximum Gasteiger partial charge on any atom is 0.430 e. The van der Waals surface area contributed by atoms with Crippen LogP contribution in [0.2, 0.25) is 0 Å². The van der Waals surface area contributed by atoms with Gasteiger partial charge in [0, 0.05) is 5.56 Å². The van der Waals surface area contributed by atoms with Crippen LogP contribution in [-0.2, 0) is 20.2 Å². The van der Waals surface area contributed by atoms with Gasteiger partial charge in [0.2, 0.25) is 0 Å². The number of rotatable bonds is 4. The molecule has 1 heterocycles. The fourth-order valence-electron chi connectivity index (χ4n) is 3.87. The lowest BCUT2D eigenvalue weighted by molar-refractivity contribution is -0.376. The Morgan fingerprint density at radius 2 is 1.29 bits per heavy atom. The molecular formula is C20H19F6NO3S. The summed E-state index contributed by atoms with van der Waals surface area (Å²) in [5, 5.41) is 12.6. The van der Waals surface area contributed by atoms with Gasteiger partial charge in [-0.05, 0) is 43.6 Å². The van der Waals surface area contributed by atoms with Crippen molar-refractivity contribution in [1.82, 2.24) is 5.32 Å². The first kappa shape index (κ1) is 23.6. The largest absolute Gasteiger partial charge is 0.430 e. The van der Waals surface area contributed by atoms with Gasteiger partial charge in [-0.3, -0.25) is 0 Å². The van der Waals surface area contributed by atoms with Gasteiger partial charge in [0.15, 0.2) is 9.84 Å². The van der Waals surface area contributed by atoms with E-state index in [9.17, 15) is 39.9 Å². The minimum atomic E-state index is -6.02. The zero-order valence-electron chi connectivity index (χ0n) is 16.0. The maximum atomic E-state index is 13.5. The number of hydrogen-bond donors (Lipinski definition) is 2. The number of alkyl halides is 6. The van der Waals surface area contributed by atoms with Crippen molar-refractivity contribution in [2.45, 2.75) is 40.4 Å². The topological polar surface area (TPSA) is 66.4 Å². The first-order valence-corrected chi connectivity index (χ1v) is 10.7. The van der Waals surface area contributed by atoms with Crippen LogP contribution in [0.25, 0.3) is 0 Å². The lowest BCUT2D eigenvalue weighted by Crippen LogP contribution is -2.54. The molecule has 0 unspecified atom stereocenters. The molecule has 2 aromatic rings. The molecule has 0 aliphatic carbocycles. The van der Waals surface area contributed by atoms with Gasteiger partial charge in [0.05, 0.1) is 4.90 Å². The van der Waals surface area contributed by atoms with E-state index in [4.69, 9.17) is 0 Å². The van der Waals surface area contributed by atoms with E-state index in [2.05, 4.69) is 5.32 Å². The van der Waals surface area contributed by atoms with E-state index in [-0.39, 0.29) is 23.3 Å². The summed E-state index contributed by atoms with van der Waals surface area (Å²) in [6, 6.07) is 10.3. The van der Waals surface area contributed by atoms with E-state index in [1.807, 2.05) is 0 Å². The molecule has 4 nitrogen and oxygen atoms in total. The normalized spacial score (nSPS) is 18.0. The Morgan fingerprint density at radius 3 is 1.74 bits per heavy atom. The standard InChI is InChI=1S/C20H19F6NO3S/c21-19(22,23)18(28,20(24,25)26)15-8-6-14(7-9-15)17(10-12-27-13-11-17)31(29,30)16-4-2-1-3-5-16/h1-9,27-28H,10-13H2. The van der Waals surface area contributed by atoms with Crippen LogP contribution in [0.3, 0.4) is 0 Å². The Labute approximate surface area is 174 Å². The van der Waals surface area contributed by atoms with Crippen molar-refractivity contribution in [3.8, 4) is 0 Å². The number of aliphatic hydroxyl groups is 1. The highest BCUT2D eigenvalue weighted by atomic mass is 32.2. The maximum absolute atomic E-state index is 13.5. The van der Waals surface area contributed by atoms with Crippen LogP contribution in [0, 0.1) is 0 Å². The summed E-state index contributed by atoms with van der Waals surface area (Å²) in [5.41, 5.74) is -6.44. The molecule has 0 spiro atoms. The molecule has 0 amide bonds. The van der Waals surface area contributed by atoms with Gasteiger partial charge in [-0.25, -0.2) is 8.42 Å². The van der Waals surface area contributed by atoms with E-state index in [1.165, 1.54) is 24.3 Å². The second kappa shape index (κ2) is 7.79. The van der Waals surface area contributed by atoms with Crippen LogP contribution in [0.15, 0.2) is 59.5 Å². The molecule has 31 heavy (non-hydrogen) atoms. The molecule has 0 aromatic heterocycles. The van der Waals surface area contributed by atoms with Gasteiger partial charge < -0.3 is 10.4 Å². The molecule has 1 saturated heterocycles. The molecule has 0 bridgehead atoms. The summed E-state index contributed by atoms with van der Waals surface area (Å²) >= 11 is 0. The van der Waals surface area contributed by atoms with Crippen LogP contribution in [0.5, 0.6) is 0 Å².